The Kier molecular flexibility index (Phi) is 5.44. The van der Waals surface area contributed by atoms with Gasteiger partial charge in [-0.1, -0.05) is 0 Å². The number of fused-ring (bicyclic) bond motifs is 1. The second-order valence-corrected chi connectivity index (χ2v) is 7.36. The molecule has 0 aliphatic carbocycles. The van der Waals surface area contributed by atoms with Crippen LogP contribution < -0.4 is 5.63 Å². The number of carbonyl (C=O) groups excluding carboxylic acids is 1. The van der Waals surface area contributed by atoms with Crippen LogP contribution in [0.15, 0.2) is 27.4 Å². The average molecular weight is 357 g/mol. The topological polar surface area (TPSA) is 57.0 Å². The number of hydrogen-bond donors (Lipinski definition) is 0. The molecule has 1 aromatic heterocycles. The van der Waals surface area contributed by atoms with Gasteiger partial charge in [0.25, 0.3) is 0 Å². The normalized spacial score (nSPS) is 16.2. The van der Waals surface area contributed by atoms with Crippen LogP contribution in [0.3, 0.4) is 0 Å². The number of piperazine rings is 1. The van der Waals surface area contributed by atoms with Crippen molar-refractivity contribution in [3.63, 3.8) is 0 Å². The smallest absolute Gasteiger partial charge is 0.336 e. The van der Waals surface area contributed by atoms with Crippen LogP contribution in [0.5, 0.6) is 0 Å². The molecule has 0 N–H and O–H groups in total. The molecule has 1 amide bonds. The lowest BCUT2D eigenvalue weighted by molar-refractivity contribution is -0.130. The highest BCUT2D eigenvalue weighted by atomic mass is 16.4. The fourth-order valence-corrected chi connectivity index (χ4v) is 3.29. The number of nitrogens with zero attached hydrogens (tertiary/aromatic N) is 3. The number of hydrogen-bond acceptors (Lipinski definition) is 5. The second kappa shape index (κ2) is 7.60. The maximum Gasteiger partial charge on any atom is 0.336 e. The maximum atomic E-state index is 11.9. The summed E-state index contributed by atoms with van der Waals surface area (Å²) in [6.07, 6.45) is 0. The number of rotatable bonds is 4. The van der Waals surface area contributed by atoms with Crippen molar-refractivity contribution in [1.29, 1.82) is 0 Å². The Morgan fingerprint density at radius 1 is 1.04 bits per heavy atom. The van der Waals surface area contributed by atoms with E-state index in [1.165, 1.54) is 5.56 Å². The van der Waals surface area contributed by atoms with E-state index in [1.54, 1.807) is 25.1 Å². The molecule has 1 fully saturated rings. The van der Waals surface area contributed by atoms with Crippen molar-refractivity contribution >= 4 is 16.9 Å². The molecule has 0 atom stereocenters. The minimum absolute atomic E-state index is 0.135. The van der Waals surface area contributed by atoms with Crippen LogP contribution in [0.25, 0.3) is 11.0 Å². The van der Waals surface area contributed by atoms with Crippen molar-refractivity contribution < 1.29 is 9.21 Å². The minimum Gasteiger partial charge on any atom is -0.423 e. The summed E-state index contributed by atoms with van der Waals surface area (Å²) in [5.74, 6) is 0.135. The van der Waals surface area contributed by atoms with Gasteiger partial charge < -0.3 is 9.32 Å². The number of benzene rings is 1. The molecule has 0 bridgehead atoms. The largest absolute Gasteiger partial charge is 0.423 e. The van der Waals surface area contributed by atoms with Crippen molar-refractivity contribution in [2.75, 3.05) is 46.8 Å². The van der Waals surface area contributed by atoms with E-state index in [0.717, 1.165) is 49.2 Å². The highest BCUT2D eigenvalue weighted by Gasteiger charge is 2.20. The molecule has 2 aromatic rings. The summed E-state index contributed by atoms with van der Waals surface area (Å²) < 4.78 is 5.39. The first-order chi connectivity index (χ1) is 12.3. The third-order valence-corrected chi connectivity index (χ3v) is 5.16. The highest BCUT2D eigenvalue weighted by Crippen LogP contribution is 2.23. The Balaban J connectivity index is 1.71. The SMILES string of the molecule is Cc1cc2oc(=O)cc(CN3CCN(CC(=O)N(C)C)CC3)c2cc1C. The first kappa shape index (κ1) is 18.6. The molecule has 1 saturated heterocycles. The second-order valence-electron chi connectivity index (χ2n) is 7.36. The van der Waals surface area contributed by atoms with Gasteiger partial charge in [-0.05, 0) is 42.7 Å². The molecule has 26 heavy (non-hydrogen) atoms. The van der Waals surface area contributed by atoms with Crippen LogP contribution in [0, 0.1) is 13.8 Å². The zero-order valence-electron chi connectivity index (χ0n) is 16.0. The number of carbonyl (C=O) groups is 1. The number of likely N-dealkylation sites (N-methyl/N-ethyl adjacent to an activating group) is 1. The van der Waals surface area contributed by atoms with Crippen LogP contribution in [0.1, 0.15) is 16.7 Å². The van der Waals surface area contributed by atoms with E-state index in [9.17, 15) is 9.59 Å². The van der Waals surface area contributed by atoms with Crippen molar-refractivity contribution in [2.45, 2.75) is 20.4 Å². The lowest BCUT2D eigenvalue weighted by Gasteiger charge is -2.34. The van der Waals surface area contributed by atoms with E-state index >= 15 is 0 Å². The molecular formula is C20H27N3O3. The van der Waals surface area contributed by atoms with Crippen LogP contribution in [0.2, 0.25) is 0 Å². The first-order valence-corrected chi connectivity index (χ1v) is 9.02. The van der Waals surface area contributed by atoms with Crippen molar-refractivity contribution in [2.24, 2.45) is 0 Å². The van der Waals surface area contributed by atoms with Gasteiger partial charge in [-0.3, -0.25) is 14.6 Å². The molecule has 3 rings (SSSR count). The average Bonchev–Trinajstić information content (AvgIpc) is 2.58. The van der Waals surface area contributed by atoms with E-state index in [1.807, 2.05) is 13.0 Å². The Morgan fingerprint density at radius 3 is 2.31 bits per heavy atom. The standard InChI is InChI=1S/C20H27N3O3/c1-14-9-17-16(11-20(25)26-18(17)10-15(14)2)12-22-5-7-23(8-6-22)13-19(24)21(3)4/h9-11H,5-8,12-13H2,1-4H3. The summed E-state index contributed by atoms with van der Waals surface area (Å²) in [6.45, 7) is 8.77. The Bertz CT molecular complexity index is 864. The van der Waals surface area contributed by atoms with Crippen LogP contribution in [-0.4, -0.2) is 67.4 Å². The summed E-state index contributed by atoms with van der Waals surface area (Å²) in [5, 5.41) is 1.01. The molecule has 6 nitrogen and oxygen atoms in total. The summed E-state index contributed by atoms with van der Waals surface area (Å²) in [7, 11) is 3.57. The van der Waals surface area contributed by atoms with E-state index in [2.05, 4.69) is 22.8 Å². The molecule has 0 spiro atoms. The third kappa shape index (κ3) is 4.14. The lowest BCUT2D eigenvalue weighted by atomic mass is 10.0. The zero-order chi connectivity index (χ0) is 18.8. The molecule has 1 aliphatic heterocycles. The van der Waals surface area contributed by atoms with Gasteiger partial charge in [-0.25, -0.2) is 4.79 Å². The summed E-state index contributed by atoms with van der Waals surface area (Å²) in [5.41, 5.74) is 3.69. The first-order valence-electron chi connectivity index (χ1n) is 9.02. The molecule has 140 valence electrons. The molecule has 2 heterocycles. The van der Waals surface area contributed by atoms with E-state index in [0.29, 0.717) is 12.1 Å². The van der Waals surface area contributed by atoms with Gasteiger partial charge in [0, 0.05) is 58.3 Å². The fraction of sp³-hybridized carbons (Fsp3) is 0.500. The Labute approximate surface area is 154 Å². The van der Waals surface area contributed by atoms with E-state index in [4.69, 9.17) is 4.42 Å². The Morgan fingerprint density at radius 2 is 1.65 bits per heavy atom. The quantitative estimate of drug-likeness (QED) is 0.778. The van der Waals surface area contributed by atoms with Crippen LogP contribution >= 0.6 is 0 Å². The highest BCUT2D eigenvalue weighted by molar-refractivity contribution is 5.81. The molecule has 1 aliphatic rings. The summed E-state index contributed by atoms with van der Waals surface area (Å²) >= 11 is 0. The van der Waals surface area contributed by atoms with Crippen molar-refractivity contribution in [1.82, 2.24) is 14.7 Å². The van der Waals surface area contributed by atoms with Crippen LogP contribution in [-0.2, 0) is 11.3 Å². The minimum atomic E-state index is -0.300. The van der Waals surface area contributed by atoms with E-state index < -0.39 is 0 Å². The zero-order valence-corrected chi connectivity index (χ0v) is 16.0. The molecule has 0 saturated carbocycles. The Hall–Kier alpha value is -2.18. The number of aryl methyl sites for hydroxylation is 2. The molecular weight excluding hydrogens is 330 g/mol. The molecule has 0 unspecified atom stereocenters. The fourth-order valence-electron chi connectivity index (χ4n) is 3.29. The van der Waals surface area contributed by atoms with Gasteiger partial charge in [0.05, 0.1) is 6.54 Å². The molecule has 0 radical (unpaired) electrons. The third-order valence-electron chi connectivity index (χ3n) is 5.16. The van der Waals surface area contributed by atoms with Gasteiger partial charge in [0.1, 0.15) is 5.58 Å². The van der Waals surface area contributed by atoms with Gasteiger partial charge in [-0.15, -0.1) is 0 Å². The summed E-state index contributed by atoms with van der Waals surface area (Å²) in [4.78, 5) is 29.9. The maximum absolute atomic E-state index is 11.9. The summed E-state index contributed by atoms with van der Waals surface area (Å²) in [6, 6.07) is 5.66. The van der Waals surface area contributed by atoms with Crippen LogP contribution in [0.4, 0.5) is 0 Å². The predicted molar refractivity (Wildman–Crippen MR) is 102 cm³/mol. The lowest BCUT2D eigenvalue weighted by Crippen LogP contribution is -2.48. The van der Waals surface area contributed by atoms with Crippen molar-refractivity contribution in [3.8, 4) is 0 Å². The van der Waals surface area contributed by atoms with Gasteiger partial charge in [-0.2, -0.15) is 0 Å². The predicted octanol–water partition coefficient (Wildman–Crippen LogP) is 1.62. The molecule has 6 heteroatoms. The van der Waals surface area contributed by atoms with E-state index in [-0.39, 0.29) is 11.5 Å². The van der Waals surface area contributed by atoms with Crippen molar-refractivity contribution in [3.05, 3.63) is 45.3 Å². The van der Waals surface area contributed by atoms with Gasteiger partial charge in [0.2, 0.25) is 5.91 Å². The van der Waals surface area contributed by atoms with Gasteiger partial charge in [0.15, 0.2) is 0 Å². The monoisotopic (exact) mass is 357 g/mol. The van der Waals surface area contributed by atoms with Gasteiger partial charge >= 0.3 is 5.63 Å². The number of amides is 1. The molecule has 1 aromatic carbocycles.